The van der Waals surface area contributed by atoms with Gasteiger partial charge in [0.15, 0.2) is 5.96 Å². The molecule has 1 fully saturated rings. The highest BCUT2D eigenvalue weighted by atomic mass is 127. The van der Waals surface area contributed by atoms with Gasteiger partial charge >= 0.3 is 0 Å². The van der Waals surface area contributed by atoms with Crippen LogP contribution in [0.3, 0.4) is 0 Å². The molecule has 2 heterocycles. The summed E-state index contributed by atoms with van der Waals surface area (Å²) >= 11 is 0. The first-order chi connectivity index (χ1) is 10.1. The molecule has 6 heteroatoms. The molecule has 5 nitrogen and oxygen atoms in total. The molecule has 0 aromatic carbocycles. The fourth-order valence-corrected chi connectivity index (χ4v) is 2.84. The van der Waals surface area contributed by atoms with Crippen molar-refractivity contribution in [1.82, 2.24) is 19.7 Å². The van der Waals surface area contributed by atoms with Crippen molar-refractivity contribution in [2.45, 2.75) is 19.9 Å². The second-order valence-corrected chi connectivity index (χ2v) is 6.08. The molecule has 0 aliphatic carbocycles. The zero-order valence-corrected chi connectivity index (χ0v) is 16.6. The largest absolute Gasteiger partial charge is 0.357 e. The van der Waals surface area contributed by atoms with Gasteiger partial charge in [0.1, 0.15) is 0 Å². The van der Waals surface area contributed by atoms with Crippen LogP contribution in [0.1, 0.15) is 19.0 Å². The lowest BCUT2D eigenvalue weighted by molar-refractivity contribution is 0.396. The molecule has 0 radical (unpaired) electrons. The summed E-state index contributed by atoms with van der Waals surface area (Å²) in [5, 5.41) is 3.40. The fourth-order valence-electron chi connectivity index (χ4n) is 2.84. The molecule has 0 bridgehead atoms. The number of likely N-dealkylation sites (tertiary alicyclic amines) is 1. The van der Waals surface area contributed by atoms with Gasteiger partial charge < -0.3 is 19.7 Å². The molecular weight excluding hydrogens is 389 g/mol. The molecule has 0 amide bonds. The van der Waals surface area contributed by atoms with Gasteiger partial charge in [-0.25, -0.2) is 0 Å². The monoisotopic (exact) mass is 419 g/mol. The molecular formula is C16H30IN5. The van der Waals surface area contributed by atoms with Crippen molar-refractivity contribution < 1.29 is 0 Å². The van der Waals surface area contributed by atoms with Crippen molar-refractivity contribution >= 4 is 29.9 Å². The molecule has 1 unspecified atom stereocenters. The maximum Gasteiger partial charge on any atom is 0.194 e. The molecule has 0 spiro atoms. The molecule has 2 rings (SSSR count). The van der Waals surface area contributed by atoms with Crippen LogP contribution in [-0.2, 0) is 13.6 Å². The molecule has 0 saturated carbocycles. The molecule has 1 saturated heterocycles. The van der Waals surface area contributed by atoms with Gasteiger partial charge in [0.05, 0.1) is 6.54 Å². The van der Waals surface area contributed by atoms with Crippen molar-refractivity contribution in [3.63, 3.8) is 0 Å². The number of aryl methyl sites for hydroxylation is 1. The van der Waals surface area contributed by atoms with E-state index in [1.165, 1.54) is 25.2 Å². The van der Waals surface area contributed by atoms with Crippen LogP contribution in [0.2, 0.25) is 0 Å². The number of nitrogens with one attached hydrogen (secondary N) is 1. The van der Waals surface area contributed by atoms with E-state index in [1.54, 1.807) is 0 Å². The molecule has 1 aromatic heterocycles. The third-order valence-corrected chi connectivity index (χ3v) is 4.14. The predicted molar refractivity (Wildman–Crippen MR) is 104 cm³/mol. The van der Waals surface area contributed by atoms with E-state index in [0.29, 0.717) is 5.92 Å². The van der Waals surface area contributed by atoms with Crippen LogP contribution in [0.25, 0.3) is 0 Å². The zero-order valence-electron chi connectivity index (χ0n) is 14.2. The number of guanidine groups is 1. The number of rotatable bonds is 5. The summed E-state index contributed by atoms with van der Waals surface area (Å²) in [6.07, 6.45) is 3.35. The highest BCUT2D eigenvalue weighted by molar-refractivity contribution is 14.0. The lowest BCUT2D eigenvalue weighted by atomic mass is 10.1. The average molecular weight is 419 g/mol. The van der Waals surface area contributed by atoms with Gasteiger partial charge in [-0.15, -0.1) is 24.0 Å². The van der Waals surface area contributed by atoms with E-state index < -0.39 is 0 Å². The lowest BCUT2D eigenvalue weighted by Crippen LogP contribution is -2.39. The first-order valence-corrected chi connectivity index (χ1v) is 7.88. The van der Waals surface area contributed by atoms with Gasteiger partial charge in [0.2, 0.25) is 0 Å². The molecule has 126 valence electrons. The summed E-state index contributed by atoms with van der Waals surface area (Å²) in [6, 6.07) is 4.24. The predicted octanol–water partition coefficient (Wildman–Crippen LogP) is 1.99. The summed E-state index contributed by atoms with van der Waals surface area (Å²) in [7, 11) is 6.38. The minimum Gasteiger partial charge on any atom is -0.357 e. The normalized spacial score (nSPS) is 19.1. The van der Waals surface area contributed by atoms with Crippen molar-refractivity contribution in [2.75, 3.05) is 40.3 Å². The Morgan fingerprint density at radius 1 is 1.45 bits per heavy atom. The number of aromatic nitrogens is 1. The van der Waals surface area contributed by atoms with Gasteiger partial charge in [-0.1, -0.05) is 0 Å². The SMILES string of the molecule is CCNC(=NCC1CCN(C)C1)N(C)Cc1cccn1C.I. The topological polar surface area (TPSA) is 35.8 Å². The Balaban J connectivity index is 0.00000242. The van der Waals surface area contributed by atoms with Crippen LogP contribution in [0.15, 0.2) is 23.3 Å². The minimum atomic E-state index is 0. The summed E-state index contributed by atoms with van der Waals surface area (Å²) in [6.45, 7) is 7.19. The van der Waals surface area contributed by atoms with E-state index in [0.717, 1.165) is 25.6 Å². The van der Waals surface area contributed by atoms with Gasteiger partial charge in [0.25, 0.3) is 0 Å². The minimum absolute atomic E-state index is 0. The highest BCUT2D eigenvalue weighted by Crippen LogP contribution is 2.14. The van der Waals surface area contributed by atoms with Gasteiger partial charge in [0, 0.05) is 45.6 Å². The maximum atomic E-state index is 4.84. The first-order valence-electron chi connectivity index (χ1n) is 7.88. The summed E-state index contributed by atoms with van der Waals surface area (Å²) < 4.78 is 2.16. The Morgan fingerprint density at radius 3 is 2.77 bits per heavy atom. The van der Waals surface area contributed by atoms with E-state index in [1.807, 2.05) is 0 Å². The Labute approximate surface area is 151 Å². The second-order valence-electron chi connectivity index (χ2n) is 6.08. The molecule has 22 heavy (non-hydrogen) atoms. The molecule has 1 atom stereocenters. The Morgan fingerprint density at radius 2 is 2.23 bits per heavy atom. The van der Waals surface area contributed by atoms with E-state index in [9.17, 15) is 0 Å². The third kappa shape index (κ3) is 5.46. The van der Waals surface area contributed by atoms with Crippen LogP contribution in [0.5, 0.6) is 0 Å². The average Bonchev–Trinajstić information content (AvgIpc) is 3.04. The van der Waals surface area contributed by atoms with E-state index >= 15 is 0 Å². The van der Waals surface area contributed by atoms with Crippen molar-refractivity contribution in [3.8, 4) is 0 Å². The fraction of sp³-hybridized carbons (Fsp3) is 0.688. The second kappa shape index (κ2) is 9.39. The highest BCUT2D eigenvalue weighted by Gasteiger charge is 2.19. The molecule has 1 aliphatic heterocycles. The van der Waals surface area contributed by atoms with Crippen LogP contribution < -0.4 is 5.32 Å². The van der Waals surface area contributed by atoms with Crippen LogP contribution in [0.4, 0.5) is 0 Å². The number of hydrogen-bond acceptors (Lipinski definition) is 2. The van der Waals surface area contributed by atoms with Crippen molar-refractivity contribution in [3.05, 3.63) is 24.0 Å². The maximum absolute atomic E-state index is 4.84. The molecule has 1 aliphatic rings. The summed E-state index contributed by atoms with van der Waals surface area (Å²) in [5.74, 6) is 1.71. The third-order valence-electron chi connectivity index (χ3n) is 4.14. The summed E-state index contributed by atoms with van der Waals surface area (Å²) in [5.41, 5.74) is 1.30. The Hall–Kier alpha value is -0.760. The Kier molecular flexibility index (Phi) is 8.24. The number of nitrogens with zero attached hydrogens (tertiary/aromatic N) is 4. The van der Waals surface area contributed by atoms with E-state index in [-0.39, 0.29) is 24.0 Å². The molecule has 1 aromatic rings. The number of aliphatic imine (C=N–C) groups is 1. The van der Waals surface area contributed by atoms with E-state index in [2.05, 4.69) is 66.1 Å². The quantitative estimate of drug-likeness (QED) is 0.451. The first kappa shape index (κ1) is 19.3. The number of hydrogen-bond donors (Lipinski definition) is 1. The van der Waals surface area contributed by atoms with Crippen LogP contribution in [-0.4, -0.2) is 60.6 Å². The van der Waals surface area contributed by atoms with Crippen LogP contribution >= 0.6 is 24.0 Å². The van der Waals surface area contributed by atoms with Gasteiger partial charge in [-0.3, -0.25) is 4.99 Å². The van der Waals surface area contributed by atoms with Crippen molar-refractivity contribution in [1.29, 1.82) is 0 Å². The lowest BCUT2D eigenvalue weighted by Gasteiger charge is -2.23. The smallest absolute Gasteiger partial charge is 0.194 e. The van der Waals surface area contributed by atoms with Gasteiger partial charge in [-0.05, 0) is 45.0 Å². The van der Waals surface area contributed by atoms with E-state index in [4.69, 9.17) is 4.99 Å². The standard InChI is InChI=1S/C16H29N5.HI/c1-5-17-16(18-11-14-8-10-19(2)12-14)21(4)13-15-7-6-9-20(15)3;/h6-7,9,14H,5,8,10-13H2,1-4H3,(H,17,18);1H. The van der Waals surface area contributed by atoms with Crippen molar-refractivity contribution in [2.24, 2.45) is 18.0 Å². The number of halogens is 1. The van der Waals surface area contributed by atoms with Gasteiger partial charge in [-0.2, -0.15) is 0 Å². The Bertz CT molecular complexity index is 471. The summed E-state index contributed by atoms with van der Waals surface area (Å²) in [4.78, 5) is 9.43. The van der Waals surface area contributed by atoms with Crippen LogP contribution in [0, 0.1) is 5.92 Å². The molecule has 1 N–H and O–H groups in total. The zero-order chi connectivity index (χ0) is 15.2.